The number of hydrogen-bond acceptors (Lipinski definition) is 6. The van der Waals surface area contributed by atoms with Crippen LogP contribution in [-0.4, -0.2) is 24.8 Å². The average Bonchev–Trinajstić information content (AvgIpc) is 3.17. The summed E-state index contributed by atoms with van der Waals surface area (Å²) in [6, 6.07) is 0.145. The van der Waals surface area contributed by atoms with Crippen molar-refractivity contribution in [3.05, 3.63) is 33.2 Å². The Labute approximate surface area is 139 Å². The standard InChI is InChI=1S/C16H20N6S/c1-9-10(2)21-22-8-17-20-15(22)14(9)18-11(3)16-19-12-6-4-5-7-13(12)23-16/h8,11,18H,4-7H2,1-3H3. The van der Waals surface area contributed by atoms with Crippen LogP contribution in [0.15, 0.2) is 6.33 Å². The number of aromatic nitrogens is 5. The van der Waals surface area contributed by atoms with Crippen molar-refractivity contribution in [1.29, 1.82) is 0 Å². The second-order valence-electron chi connectivity index (χ2n) is 6.18. The van der Waals surface area contributed by atoms with Gasteiger partial charge in [0.05, 0.1) is 23.1 Å². The third-order valence-electron chi connectivity index (χ3n) is 4.52. The molecule has 6 nitrogen and oxygen atoms in total. The van der Waals surface area contributed by atoms with Crippen LogP contribution in [-0.2, 0) is 12.8 Å². The van der Waals surface area contributed by atoms with Crippen LogP contribution in [0.4, 0.5) is 5.69 Å². The zero-order valence-corrected chi connectivity index (χ0v) is 14.4. The molecule has 3 aromatic heterocycles. The monoisotopic (exact) mass is 328 g/mol. The molecule has 0 amide bonds. The highest BCUT2D eigenvalue weighted by atomic mass is 32.1. The topological polar surface area (TPSA) is 68.0 Å². The van der Waals surface area contributed by atoms with E-state index in [4.69, 9.17) is 4.98 Å². The van der Waals surface area contributed by atoms with Crippen LogP contribution in [0.3, 0.4) is 0 Å². The van der Waals surface area contributed by atoms with E-state index in [9.17, 15) is 0 Å². The zero-order valence-electron chi connectivity index (χ0n) is 13.6. The Bertz CT molecular complexity index is 841. The molecular formula is C16H20N6S. The second-order valence-corrected chi connectivity index (χ2v) is 7.29. The minimum atomic E-state index is 0.145. The molecule has 1 aliphatic carbocycles. The maximum Gasteiger partial charge on any atom is 0.200 e. The Balaban J connectivity index is 1.68. The molecule has 0 aliphatic heterocycles. The zero-order chi connectivity index (χ0) is 16.0. The smallest absolute Gasteiger partial charge is 0.200 e. The van der Waals surface area contributed by atoms with Gasteiger partial charge in [0.25, 0.3) is 0 Å². The van der Waals surface area contributed by atoms with Gasteiger partial charge < -0.3 is 5.32 Å². The number of hydrogen-bond donors (Lipinski definition) is 1. The molecular weight excluding hydrogens is 308 g/mol. The van der Waals surface area contributed by atoms with E-state index in [-0.39, 0.29) is 6.04 Å². The largest absolute Gasteiger partial charge is 0.373 e. The first kappa shape index (κ1) is 14.6. The summed E-state index contributed by atoms with van der Waals surface area (Å²) in [5.74, 6) is 0. The van der Waals surface area contributed by atoms with Crippen molar-refractivity contribution < 1.29 is 0 Å². The van der Waals surface area contributed by atoms with Gasteiger partial charge in [0.15, 0.2) is 0 Å². The van der Waals surface area contributed by atoms with Crippen molar-refractivity contribution in [2.75, 3.05) is 5.32 Å². The Morgan fingerprint density at radius 1 is 1.26 bits per heavy atom. The highest BCUT2D eigenvalue weighted by Crippen LogP contribution is 2.32. The van der Waals surface area contributed by atoms with Crippen molar-refractivity contribution in [2.24, 2.45) is 0 Å². The summed E-state index contributed by atoms with van der Waals surface area (Å²) in [4.78, 5) is 6.33. The average molecular weight is 328 g/mol. The molecule has 23 heavy (non-hydrogen) atoms. The minimum Gasteiger partial charge on any atom is -0.373 e. The number of nitrogens with zero attached hydrogens (tertiary/aromatic N) is 5. The van der Waals surface area contributed by atoms with E-state index in [0.29, 0.717) is 0 Å². The Kier molecular flexibility index (Phi) is 3.52. The van der Waals surface area contributed by atoms with Crippen molar-refractivity contribution >= 4 is 22.7 Å². The first-order chi connectivity index (χ1) is 11.1. The molecule has 3 heterocycles. The maximum absolute atomic E-state index is 4.86. The van der Waals surface area contributed by atoms with Gasteiger partial charge >= 0.3 is 0 Å². The fourth-order valence-electron chi connectivity index (χ4n) is 3.06. The molecule has 0 bridgehead atoms. The van der Waals surface area contributed by atoms with E-state index in [1.807, 2.05) is 18.3 Å². The van der Waals surface area contributed by atoms with E-state index < -0.39 is 0 Å². The quantitative estimate of drug-likeness (QED) is 0.799. The number of thiazole rings is 1. The summed E-state index contributed by atoms with van der Waals surface area (Å²) >= 11 is 1.85. The maximum atomic E-state index is 4.86. The molecule has 7 heteroatoms. The SMILES string of the molecule is Cc1nn2cnnc2c(NC(C)c2nc3c(s2)CCCC3)c1C. The van der Waals surface area contributed by atoms with Crippen LogP contribution in [0.2, 0.25) is 0 Å². The predicted molar refractivity (Wildman–Crippen MR) is 91.0 cm³/mol. The first-order valence-corrected chi connectivity index (χ1v) is 8.87. The molecule has 1 N–H and O–H groups in total. The van der Waals surface area contributed by atoms with Gasteiger partial charge in [-0.25, -0.2) is 4.98 Å². The lowest BCUT2D eigenvalue weighted by Crippen LogP contribution is -2.11. The number of nitrogens with one attached hydrogen (secondary N) is 1. The molecule has 120 valence electrons. The van der Waals surface area contributed by atoms with Gasteiger partial charge in [-0.1, -0.05) is 0 Å². The molecule has 0 fully saturated rings. The fourth-order valence-corrected chi connectivity index (χ4v) is 4.22. The van der Waals surface area contributed by atoms with Crippen molar-refractivity contribution in [3.8, 4) is 0 Å². The number of anilines is 1. The molecule has 1 atom stereocenters. The van der Waals surface area contributed by atoms with E-state index in [1.165, 1.54) is 29.8 Å². The lowest BCUT2D eigenvalue weighted by Gasteiger charge is -2.16. The lowest BCUT2D eigenvalue weighted by atomic mass is 10.0. The molecule has 0 saturated heterocycles. The Hall–Kier alpha value is -2.02. The Morgan fingerprint density at radius 2 is 2.09 bits per heavy atom. The molecule has 4 rings (SSSR count). The van der Waals surface area contributed by atoms with Gasteiger partial charge in [0.1, 0.15) is 11.3 Å². The van der Waals surface area contributed by atoms with Gasteiger partial charge in [-0.15, -0.1) is 21.5 Å². The van der Waals surface area contributed by atoms with Crippen LogP contribution in [0.25, 0.3) is 5.65 Å². The van der Waals surface area contributed by atoms with E-state index >= 15 is 0 Å². The highest BCUT2D eigenvalue weighted by molar-refractivity contribution is 7.11. The van der Waals surface area contributed by atoms with Crippen LogP contribution in [0.1, 0.15) is 52.6 Å². The molecule has 3 aromatic rings. The summed E-state index contributed by atoms with van der Waals surface area (Å²) in [5.41, 5.74) is 5.15. The minimum absolute atomic E-state index is 0.145. The molecule has 1 unspecified atom stereocenters. The number of rotatable bonds is 3. The van der Waals surface area contributed by atoms with Crippen LogP contribution < -0.4 is 5.32 Å². The van der Waals surface area contributed by atoms with Gasteiger partial charge in [0.2, 0.25) is 5.65 Å². The Morgan fingerprint density at radius 3 is 2.91 bits per heavy atom. The number of fused-ring (bicyclic) bond motifs is 2. The third-order valence-corrected chi connectivity index (χ3v) is 5.86. The van der Waals surface area contributed by atoms with Crippen LogP contribution in [0, 0.1) is 13.8 Å². The molecule has 0 spiro atoms. The predicted octanol–water partition coefficient (Wildman–Crippen LogP) is 3.25. The normalized spacial score (nSPS) is 15.6. The van der Waals surface area contributed by atoms with Gasteiger partial charge in [0, 0.05) is 4.88 Å². The first-order valence-electron chi connectivity index (χ1n) is 8.05. The van der Waals surface area contributed by atoms with Gasteiger partial charge in [-0.3, -0.25) is 0 Å². The van der Waals surface area contributed by atoms with Crippen molar-refractivity contribution in [3.63, 3.8) is 0 Å². The summed E-state index contributed by atoms with van der Waals surface area (Å²) in [6.45, 7) is 6.23. The molecule has 0 radical (unpaired) electrons. The highest BCUT2D eigenvalue weighted by Gasteiger charge is 2.20. The summed E-state index contributed by atoms with van der Waals surface area (Å²) in [6.07, 6.45) is 6.50. The lowest BCUT2D eigenvalue weighted by molar-refractivity contribution is 0.678. The summed E-state index contributed by atoms with van der Waals surface area (Å²) in [5, 5.41) is 17.4. The summed E-state index contributed by atoms with van der Waals surface area (Å²) < 4.78 is 1.73. The fraction of sp³-hybridized carbons (Fsp3) is 0.500. The van der Waals surface area contributed by atoms with Crippen molar-refractivity contribution in [2.45, 2.75) is 52.5 Å². The second kappa shape index (κ2) is 5.56. The van der Waals surface area contributed by atoms with Gasteiger partial charge in [-0.2, -0.15) is 9.61 Å². The van der Waals surface area contributed by atoms with Crippen LogP contribution >= 0.6 is 11.3 Å². The van der Waals surface area contributed by atoms with E-state index in [2.05, 4.69) is 34.5 Å². The van der Waals surface area contributed by atoms with Crippen LogP contribution in [0.5, 0.6) is 0 Å². The molecule has 0 saturated carbocycles. The molecule has 1 aliphatic rings. The number of aryl methyl sites for hydroxylation is 3. The van der Waals surface area contributed by atoms with E-state index in [1.54, 1.807) is 10.8 Å². The van der Waals surface area contributed by atoms with Gasteiger partial charge in [-0.05, 0) is 52.0 Å². The summed E-state index contributed by atoms with van der Waals surface area (Å²) in [7, 11) is 0. The third kappa shape index (κ3) is 2.49. The molecule has 0 aromatic carbocycles. The van der Waals surface area contributed by atoms with E-state index in [0.717, 1.165) is 34.0 Å². The van der Waals surface area contributed by atoms with Crippen molar-refractivity contribution in [1.82, 2.24) is 24.8 Å².